The summed E-state index contributed by atoms with van der Waals surface area (Å²) in [5.74, 6) is -1.04. The maximum atomic E-state index is 13.2. The Morgan fingerprint density at radius 2 is 2.10 bits per heavy atom. The Labute approximate surface area is 119 Å². The molecule has 0 aliphatic carbocycles. The summed E-state index contributed by atoms with van der Waals surface area (Å²) in [5, 5.41) is 17.0. The molecule has 20 heavy (non-hydrogen) atoms. The van der Waals surface area contributed by atoms with Gasteiger partial charge in [-0.3, -0.25) is 10.0 Å². The lowest BCUT2D eigenvalue weighted by Crippen LogP contribution is -2.22. The molecule has 7 heteroatoms. The molecule has 0 radical (unpaired) electrons. The molecule has 1 heterocycles. The first-order chi connectivity index (χ1) is 9.52. The lowest BCUT2D eigenvalue weighted by atomic mass is 10.1. The summed E-state index contributed by atoms with van der Waals surface area (Å²) in [6, 6.07) is 5.93. The van der Waals surface area contributed by atoms with Crippen molar-refractivity contribution < 1.29 is 14.4 Å². The summed E-state index contributed by atoms with van der Waals surface area (Å²) in [5.41, 5.74) is 3.03. The highest BCUT2D eigenvalue weighted by Crippen LogP contribution is 2.30. The van der Waals surface area contributed by atoms with Crippen molar-refractivity contribution in [3.05, 3.63) is 46.9 Å². The zero-order chi connectivity index (χ0) is 14.7. The molecule has 5 nitrogen and oxygen atoms in total. The van der Waals surface area contributed by atoms with Gasteiger partial charge in [-0.05, 0) is 37.6 Å². The lowest BCUT2D eigenvalue weighted by molar-refractivity contribution is 0.0701. The Kier molecular flexibility index (Phi) is 4.31. The minimum absolute atomic E-state index is 0.231. The van der Waals surface area contributed by atoms with E-state index >= 15 is 0 Å². The van der Waals surface area contributed by atoms with E-state index in [1.54, 1.807) is 31.5 Å². The van der Waals surface area contributed by atoms with Crippen molar-refractivity contribution >= 4 is 17.7 Å². The van der Waals surface area contributed by atoms with E-state index in [1.807, 2.05) is 0 Å². The predicted molar refractivity (Wildman–Crippen MR) is 71.3 cm³/mol. The number of rotatable bonds is 3. The van der Waals surface area contributed by atoms with Gasteiger partial charge in [-0.1, -0.05) is 17.8 Å². The first kappa shape index (κ1) is 14.4. The second-order valence-corrected chi connectivity index (χ2v) is 5.15. The molecule has 0 fully saturated rings. The molecule has 0 aliphatic heterocycles. The van der Waals surface area contributed by atoms with E-state index in [0.717, 1.165) is 11.8 Å². The number of hydrogen-bond acceptors (Lipinski definition) is 5. The minimum Gasteiger partial charge on any atom is -0.288 e. The number of benzene rings is 1. The number of hydroxylamine groups is 1. The van der Waals surface area contributed by atoms with Gasteiger partial charge < -0.3 is 0 Å². The van der Waals surface area contributed by atoms with Gasteiger partial charge in [0.15, 0.2) is 0 Å². The molecular formula is C13H12FN3O2S. The third kappa shape index (κ3) is 2.94. The molecule has 2 rings (SSSR count). The highest BCUT2D eigenvalue weighted by atomic mass is 32.2. The van der Waals surface area contributed by atoms with E-state index in [9.17, 15) is 9.18 Å². The molecule has 2 aromatic rings. The van der Waals surface area contributed by atoms with E-state index < -0.39 is 5.91 Å². The highest BCUT2D eigenvalue weighted by Gasteiger charge is 2.19. The van der Waals surface area contributed by atoms with E-state index in [-0.39, 0.29) is 11.4 Å². The van der Waals surface area contributed by atoms with Gasteiger partial charge in [0.25, 0.3) is 5.91 Å². The third-order valence-corrected chi connectivity index (χ3v) is 3.73. The fourth-order valence-corrected chi connectivity index (χ4v) is 2.59. The molecule has 0 saturated carbocycles. The third-order valence-electron chi connectivity index (χ3n) is 2.76. The highest BCUT2D eigenvalue weighted by molar-refractivity contribution is 7.99. The summed E-state index contributed by atoms with van der Waals surface area (Å²) in [6.45, 7) is 3.43. The van der Waals surface area contributed by atoms with Crippen LogP contribution in [0, 0.1) is 19.7 Å². The fourth-order valence-electron chi connectivity index (χ4n) is 1.62. The van der Waals surface area contributed by atoms with Crippen LogP contribution in [0.25, 0.3) is 0 Å². The Morgan fingerprint density at radius 3 is 2.75 bits per heavy atom. The number of aromatic nitrogens is 2. The zero-order valence-electron chi connectivity index (χ0n) is 10.8. The number of amides is 1. The molecular weight excluding hydrogens is 281 g/mol. The molecule has 0 bridgehead atoms. The topological polar surface area (TPSA) is 75.1 Å². The first-order valence-corrected chi connectivity index (χ1v) is 6.56. The van der Waals surface area contributed by atoms with Gasteiger partial charge >= 0.3 is 0 Å². The van der Waals surface area contributed by atoms with Crippen molar-refractivity contribution in [1.82, 2.24) is 15.7 Å². The number of nitrogens with zero attached hydrogens (tertiary/aromatic N) is 2. The number of halogens is 1. The second kappa shape index (κ2) is 5.98. The molecule has 1 amide bonds. The SMILES string of the molecule is Cc1nnc(Sc2cccc(F)c2)c(C(=O)NO)c1C. The lowest BCUT2D eigenvalue weighted by Gasteiger charge is -2.10. The molecule has 2 N–H and O–H groups in total. The van der Waals surface area contributed by atoms with Crippen LogP contribution in [0.15, 0.2) is 34.2 Å². The number of nitrogens with one attached hydrogen (secondary N) is 1. The van der Waals surface area contributed by atoms with Crippen molar-refractivity contribution in [2.24, 2.45) is 0 Å². The van der Waals surface area contributed by atoms with Crippen molar-refractivity contribution in [2.45, 2.75) is 23.8 Å². The van der Waals surface area contributed by atoms with Crippen molar-refractivity contribution in [2.75, 3.05) is 0 Å². The van der Waals surface area contributed by atoms with Crippen LogP contribution in [-0.2, 0) is 0 Å². The Balaban J connectivity index is 2.46. The fraction of sp³-hybridized carbons (Fsp3) is 0.154. The van der Waals surface area contributed by atoms with Gasteiger partial charge in [0, 0.05) is 4.90 Å². The van der Waals surface area contributed by atoms with Gasteiger partial charge in [-0.2, -0.15) is 5.10 Å². The van der Waals surface area contributed by atoms with Gasteiger partial charge in [0.05, 0.1) is 11.3 Å². The summed E-state index contributed by atoms with van der Waals surface area (Å²) in [7, 11) is 0. The molecule has 0 saturated heterocycles. The molecule has 0 spiro atoms. The smallest absolute Gasteiger partial charge is 0.277 e. The molecule has 0 atom stereocenters. The van der Waals surface area contributed by atoms with Crippen LogP contribution in [0.3, 0.4) is 0 Å². The minimum atomic E-state index is -0.667. The monoisotopic (exact) mass is 293 g/mol. The summed E-state index contributed by atoms with van der Waals surface area (Å²) < 4.78 is 13.2. The summed E-state index contributed by atoms with van der Waals surface area (Å²) >= 11 is 1.11. The van der Waals surface area contributed by atoms with Crippen LogP contribution in [0.4, 0.5) is 4.39 Å². The van der Waals surface area contributed by atoms with Crippen molar-refractivity contribution in [1.29, 1.82) is 0 Å². The largest absolute Gasteiger partial charge is 0.288 e. The quantitative estimate of drug-likeness (QED) is 0.672. The average Bonchev–Trinajstić information content (AvgIpc) is 2.42. The summed E-state index contributed by atoms with van der Waals surface area (Å²) in [6.07, 6.45) is 0. The number of carbonyl (C=O) groups excluding carboxylic acids is 1. The van der Waals surface area contributed by atoms with Gasteiger partial charge in [0.2, 0.25) is 0 Å². The first-order valence-electron chi connectivity index (χ1n) is 5.74. The zero-order valence-corrected chi connectivity index (χ0v) is 11.7. The van der Waals surface area contributed by atoms with Gasteiger partial charge in [-0.25, -0.2) is 9.87 Å². The van der Waals surface area contributed by atoms with Crippen molar-refractivity contribution in [3.8, 4) is 0 Å². The Morgan fingerprint density at radius 1 is 1.35 bits per heavy atom. The summed E-state index contributed by atoms with van der Waals surface area (Å²) in [4.78, 5) is 12.3. The normalized spacial score (nSPS) is 10.4. The van der Waals surface area contributed by atoms with E-state index in [4.69, 9.17) is 5.21 Å². The van der Waals surface area contributed by atoms with Crippen LogP contribution < -0.4 is 5.48 Å². The number of aryl methyl sites for hydroxylation is 1. The van der Waals surface area contributed by atoms with Gasteiger partial charge in [0.1, 0.15) is 10.8 Å². The number of carbonyl (C=O) groups is 1. The van der Waals surface area contributed by atoms with Crippen LogP contribution in [-0.4, -0.2) is 21.3 Å². The maximum Gasteiger partial charge on any atom is 0.277 e. The number of hydrogen-bond donors (Lipinski definition) is 2. The average molecular weight is 293 g/mol. The predicted octanol–water partition coefficient (Wildman–Crippen LogP) is 2.50. The Bertz CT molecular complexity index is 664. The van der Waals surface area contributed by atoms with Gasteiger partial charge in [-0.15, -0.1) is 5.10 Å². The van der Waals surface area contributed by atoms with E-state index in [1.165, 1.54) is 12.1 Å². The molecule has 1 aromatic heterocycles. The molecule has 104 valence electrons. The van der Waals surface area contributed by atoms with E-state index in [2.05, 4.69) is 10.2 Å². The molecule has 1 aromatic carbocycles. The Hall–Kier alpha value is -1.99. The molecule has 0 unspecified atom stereocenters. The van der Waals surface area contributed by atoms with E-state index in [0.29, 0.717) is 21.2 Å². The second-order valence-electron chi connectivity index (χ2n) is 4.09. The molecule has 0 aliphatic rings. The van der Waals surface area contributed by atoms with Crippen LogP contribution >= 0.6 is 11.8 Å². The van der Waals surface area contributed by atoms with Crippen molar-refractivity contribution in [3.63, 3.8) is 0 Å². The standard InChI is InChI=1S/C13H12FN3O2S/c1-7-8(2)15-16-13(11(7)12(18)17-19)20-10-5-3-4-9(14)6-10/h3-6,19H,1-2H3,(H,17,18). The van der Waals surface area contributed by atoms with Crippen LogP contribution in [0.2, 0.25) is 0 Å². The maximum absolute atomic E-state index is 13.2. The van der Waals surface area contributed by atoms with Crippen LogP contribution in [0.5, 0.6) is 0 Å². The van der Waals surface area contributed by atoms with Crippen LogP contribution in [0.1, 0.15) is 21.6 Å².